The summed E-state index contributed by atoms with van der Waals surface area (Å²) < 4.78 is 24.0. The highest BCUT2D eigenvalue weighted by atomic mass is 19.1. The summed E-state index contributed by atoms with van der Waals surface area (Å²) >= 11 is 0. The fourth-order valence-electron chi connectivity index (χ4n) is 3.19. The molecule has 0 radical (unpaired) electrons. The maximum Gasteiger partial charge on any atom is 0.253 e. The highest BCUT2D eigenvalue weighted by Crippen LogP contribution is 2.37. The monoisotopic (exact) mass is 313 g/mol. The maximum atomic E-state index is 13.3. The molecule has 2 aromatic rings. The van der Waals surface area contributed by atoms with Crippen LogP contribution in [-0.4, -0.2) is 30.7 Å². The fraction of sp³-hybridized carbons (Fsp3) is 0.278. The molecule has 1 unspecified atom stereocenters. The molecule has 0 saturated carbocycles. The van der Waals surface area contributed by atoms with Crippen molar-refractivity contribution in [2.45, 2.75) is 12.3 Å². The van der Waals surface area contributed by atoms with Crippen LogP contribution in [0.2, 0.25) is 0 Å². The number of ether oxygens (including phenoxy) is 2. The molecule has 0 aromatic heterocycles. The number of carbonyl (C=O) groups is 1. The second-order valence-corrected chi connectivity index (χ2v) is 5.86. The van der Waals surface area contributed by atoms with Gasteiger partial charge in [0.15, 0.2) is 11.5 Å². The molecule has 1 atom stereocenters. The number of fused-ring (bicyclic) bond motifs is 1. The predicted octanol–water partition coefficient (Wildman–Crippen LogP) is 3.18. The molecular formula is C18H16FNO3. The van der Waals surface area contributed by atoms with E-state index in [1.165, 1.54) is 12.1 Å². The fourth-order valence-corrected chi connectivity index (χ4v) is 3.19. The van der Waals surface area contributed by atoms with Crippen LogP contribution in [-0.2, 0) is 0 Å². The smallest absolute Gasteiger partial charge is 0.253 e. The van der Waals surface area contributed by atoms with Crippen LogP contribution in [0.1, 0.15) is 28.3 Å². The minimum atomic E-state index is -0.387. The van der Waals surface area contributed by atoms with Gasteiger partial charge in [0.2, 0.25) is 6.79 Å². The summed E-state index contributed by atoms with van der Waals surface area (Å²) in [6.07, 6.45) is 0.890. The topological polar surface area (TPSA) is 38.8 Å². The molecule has 4 nitrogen and oxygen atoms in total. The number of hydrogen-bond acceptors (Lipinski definition) is 3. The zero-order valence-electron chi connectivity index (χ0n) is 12.5. The zero-order chi connectivity index (χ0) is 15.8. The number of benzene rings is 2. The summed E-state index contributed by atoms with van der Waals surface area (Å²) in [5, 5.41) is 0. The molecule has 2 aromatic carbocycles. The largest absolute Gasteiger partial charge is 0.454 e. The number of rotatable bonds is 2. The second kappa shape index (κ2) is 5.57. The van der Waals surface area contributed by atoms with Crippen LogP contribution in [0.3, 0.4) is 0 Å². The third kappa shape index (κ3) is 2.63. The van der Waals surface area contributed by atoms with Gasteiger partial charge in [-0.3, -0.25) is 4.79 Å². The van der Waals surface area contributed by atoms with Gasteiger partial charge in [-0.05, 0) is 42.3 Å². The molecule has 0 N–H and O–H groups in total. The van der Waals surface area contributed by atoms with E-state index in [9.17, 15) is 9.18 Å². The summed E-state index contributed by atoms with van der Waals surface area (Å²) in [5.74, 6) is 1.29. The van der Waals surface area contributed by atoms with Gasteiger partial charge in [0, 0.05) is 24.6 Å². The Hall–Kier alpha value is -2.56. The van der Waals surface area contributed by atoms with E-state index in [0.29, 0.717) is 18.7 Å². The van der Waals surface area contributed by atoms with Crippen molar-refractivity contribution in [3.05, 3.63) is 59.4 Å². The SMILES string of the molecule is O=C(c1cccc(F)c1)N1CCC(c2ccc3c(c2)OCO3)C1. The molecular weight excluding hydrogens is 297 g/mol. The maximum absolute atomic E-state index is 13.3. The lowest BCUT2D eigenvalue weighted by Gasteiger charge is -2.17. The van der Waals surface area contributed by atoms with E-state index in [-0.39, 0.29) is 24.4 Å². The van der Waals surface area contributed by atoms with Crippen LogP contribution in [0.25, 0.3) is 0 Å². The third-order valence-electron chi connectivity index (χ3n) is 4.42. The molecule has 5 heteroatoms. The quantitative estimate of drug-likeness (QED) is 0.855. The van der Waals surface area contributed by atoms with Gasteiger partial charge in [-0.1, -0.05) is 12.1 Å². The molecule has 0 bridgehead atoms. The van der Waals surface area contributed by atoms with Gasteiger partial charge in [0.05, 0.1) is 0 Å². The highest BCUT2D eigenvalue weighted by Gasteiger charge is 2.29. The van der Waals surface area contributed by atoms with Crippen LogP contribution >= 0.6 is 0 Å². The predicted molar refractivity (Wildman–Crippen MR) is 82.2 cm³/mol. The van der Waals surface area contributed by atoms with Crippen molar-refractivity contribution in [3.8, 4) is 11.5 Å². The van der Waals surface area contributed by atoms with Crippen molar-refractivity contribution >= 4 is 5.91 Å². The van der Waals surface area contributed by atoms with Crippen LogP contribution < -0.4 is 9.47 Å². The van der Waals surface area contributed by atoms with Gasteiger partial charge in [-0.25, -0.2) is 4.39 Å². The van der Waals surface area contributed by atoms with E-state index in [1.807, 2.05) is 18.2 Å². The Morgan fingerprint density at radius 1 is 1.13 bits per heavy atom. The molecule has 23 heavy (non-hydrogen) atoms. The Kier molecular flexibility index (Phi) is 3.41. The average Bonchev–Trinajstić information content (AvgIpc) is 3.22. The molecule has 2 heterocycles. The first-order chi connectivity index (χ1) is 11.2. The van der Waals surface area contributed by atoms with Crippen LogP contribution in [0.4, 0.5) is 4.39 Å². The molecule has 1 saturated heterocycles. The number of nitrogens with zero attached hydrogens (tertiary/aromatic N) is 1. The number of carbonyl (C=O) groups excluding carboxylic acids is 1. The number of likely N-dealkylation sites (tertiary alicyclic amines) is 1. The normalized spacial score (nSPS) is 19.2. The van der Waals surface area contributed by atoms with Gasteiger partial charge in [0.1, 0.15) is 5.82 Å². The van der Waals surface area contributed by atoms with Gasteiger partial charge >= 0.3 is 0 Å². The Morgan fingerprint density at radius 3 is 2.87 bits per heavy atom. The van der Waals surface area contributed by atoms with Crippen LogP contribution in [0.5, 0.6) is 11.5 Å². The molecule has 1 amide bonds. The second-order valence-electron chi connectivity index (χ2n) is 5.86. The Labute approximate surface area is 133 Å². The van der Waals surface area contributed by atoms with Crippen molar-refractivity contribution in [2.24, 2.45) is 0 Å². The molecule has 1 fully saturated rings. The molecule has 4 rings (SSSR count). The standard InChI is InChI=1S/C18H16FNO3/c19-15-3-1-2-13(8-15)18(21)20-7-6-14(10-20)12-4-5-16-17(9-12)23-11-22-16/h1-5,8-9,14H,6-7,10-11H2. The average molecular weight is 313 g/mol. The van der Waals surface area contributed by atoms with E-state index in [2.05, 4.69) is 0 Å². The number of halogens is 1. The Bertz CT molecular complexity index is 762. The lowest BCUT2D eigenvalue weighted by molar-refractivity contribution is 0.0790. The van der Waals surface area contributed by atoms with Gasteiger partial charge in [0.25, 0.3) is 5.91 Å². The minimum Gasteiger partial charge on any atom is -0.454 e. The molecule has 0 aliphatic carbocycles. The van der Waals surface area contributed by atoms with Gasteiger partial charge < -0.3 is 14.4 Å². The lowest BCUT2D eigenvalue weighted by Crippen LogP contribution is -2.28. The number of hydrogen-bond donors (Lipinski definition) is 0. The molecule has 0 spiro atoms. The van der Waals surface area contributed by atoms with E-state index in [4.69, 9.17) is 9.47 Å². The van der Waals surface area contributed by atoms with Crippen LogP contribution in [0, 0.1) is 5.82 Å². The first kappa shape index (κ1) is 14.1. The zero-order valence-corrected chi connectivity index (χ0v) is 12.5. The number of amides is 1. The van der Waals surface area contributed by atoms with E-state index in [0.717, 1.165) is 23.5 Å². The molecule has 118 valence electrons. The summed E-state index contributed by atoms with van der Waals surface area (Å²) in [6, 6.07) is 11.8. The summed E-state index contributed by atoms with van der Waals surface area (Å²) in [5.41, 5.74) is 1.54. The highest BCUT2D eigenvalue weighted by molar-refractivity contribution is 5.94. The van der Waals surface area contributed by atoms with Crippen LogP contribution in [0.15, 0.2) is 42.5 Å². The van der Waals surface area contributed by atoms with Crippen molar-refractivity contribution in [1.82, 2.24) is 4.90 Å². The van der Waals surface area contributed by atoms with Crippen molar-refractivity contribution in [2.75, 3.05) is 19.9 Å². The summed E-state index contributed by atoms with van der Waals surface area (Å²) in [6.45, 7) is 1.57. The Balaban J connectivity index is 1.50. The molecule has 2 aliphatic heterocycles. The van der Waals surface area contributed by atoms with Crippen molar-refractivity contribution in [3.63, 3.8) is 0 Å². The Morgan fingerprint density at radius 2 is 2.00 bits per heavy atom. The minimum absolute atomic E-state index is 0.118. The summed E-state index contributed by atoms with van der Waals surface area (Å²) in [7, 11) is 0. The van der Waals surface area contributed by atoms with Gasteiger partial charge in [-0.2, -0.15) is 0 Å². The first-order valence-electron chi connectivity index (χ1n) is 7.65. The third-order valence-corrected chi connectivity index (χ3v) is 4.42. The van der Waals surface area contributed by atoms with E-state index in [1.54, 1.807) is 17.0 Å². The van der Waals surface area contributed by atoms with Crippen molar-refractivity contribution in [1.29, 1.82) is 0 Å². The first-order valence-corrected chi connectivity index (χ1v) is 7.65. The summed E-state index contributed by atoms with van der Waals surface area (Å²) in [4.78, 5) is 14.3. The van der Waals surface area contributed by atoms with Crippen molar-refractivity contribution < 1.29 is 18.7 Å². The lowest BCUT2D eigenvalue weighted by atomic mass is 9.98. The van der Waals surface area contributed by atoms with E-state index < -0.39 is 0 Å². The molecule has 2 aliphatic rings. The van der Waals surface area contributed by atoms with Gasteiger partial charge in [-0.15, -0.1) is 0 Å². The van der Waals surface area contributed by atoms with E-state index >= 15 is 0 Å².